The molecule has 1 aliphatic heterocycles. The highest BCUT2D eigenvalue weighted by molar-refractivity contribution is 6.48. The molecule has 4 rings (SSSR count). The number of ether oxygens (including phenoxy) is 1. The highest BCUT2D eigenvalue weighted by Crippen LogP contribution is 2.58. The van der Waals surface area contributed by atoms with Crippen LogP contribution in [0.25, 0.3) is 0 Å². The molecule has 28 heavy (non-hydrogen) atoms. The van der Waals surface area contributed by atoms with Gasteiger partial charge >= 0.3 is 13.1 Å². The molecule has 1 heterocycles. The number of esters is 1. The van der Waals surface area contributed by atoms with E-state index in [4.69, 9.17) is 14.0 Å². The van der Waals surface area contributed by atoms with Crippen LogP contribution in [0, 0.1) is 17.8 Å². The molecule has 1 aromatic carbocycles. The Hall–Kier alpha value is -1.33. The Bertz CT molecular complexity index is 716. The maximum absolute atomic E-state index is 11.9. The first-order valence-electron chi connectivity index (χ1n) is 10.5. The zero-order valence-corrected chi connectivity index (χ0v) is 17.8. The van der Waals surface area contributed by atoms with Crippen LogP contribution in [-0.4, -0.2) is 31.4 Å². The minimum atomic E-state index is -0.348. The van der Waals surface area contributed by atoms with Gasteiger partial charge in [0.1, 0.15) is 0 Å². The first-order chi connectivity index (χ1) is 13.2. The third kappa shape index (κ3) is 3.31. The summed E-state index contributed by atoms with van der Waals surface area (Å²) in [4.78, 5) is 11.9. The van der Waals surface area contributed by atoms with Crippen LogP contribution in [0.3, 0.4) is 0 Å². The van der Waals surface area contributed by atoms with Crippen molar-refractivity contribution < 1.29 is 18.8 Å². The van der Waals surface area contributed by atoms with E-state index in [1.54, 1.807) is 0 Å². The zero-order chi connectivity index (χ0) is 20.2. The van der Waals surface area contributed by atoms with Crippen molar-refractivity contribution in [2.24, 2.45) is 11.3 Å². The van der Waals surface area contributed by atoms with Crippen molar-refractivity contribution in [3.8, 4) is 0 Å². The lowest BCUT2D eigenvalue weighted by Crippen LogP contribution is -2.44. The SMILES string of the molecule is COC(=O)CC1C[CH]C2(Cc3ccccc3C2)C(B2OC(C)(C)C(C)(C)O2)C1. The summed E-state index contributed by atoms with van der Waals surface area (Å²) in [6, 6.07) is 8.76. The molecular weight excluding hydrogens is 351 g/mol. The molecule has 151 valence electrons. The molecule has 1 radical (unpaired) electrons. The lowest BCUT2D eigenvalue weighted by atomic mass is 9.48. The molecule has 2 aliphatic carbocycles. The zero-order valence-electron chi connectivity index (χ0n) is 17.8. The van der Waals surface area contributed by atoms with Crippen molar-refractivity contribution in [2.45, 2.75) is 76.8 Å². The van der Waals surface area contributed by atoms with Gasteiger partial charge in [0.2, 0.25) is 0 Å². The van der Waals surface area contributed by atoms with Gasteiger partial charge in [0.25, 0.3) is 0 Å². The molecule has 1 spiro atoms. The number of hydrogen-bond acceptors (Lipinski definition) is 4. The van der Waals surface area contributed by atoms with Crippen LogP contribution < -0.4 is 0 Å². The van der Waals surface area contributed by atoms with E-state index in [1.165, 1.54) is 18.2 Å². The largest absolute Gasteiger partial charge is 0.469 e. The molecule has 0 amide bonds. The Kier molecular flexibility index (Phi) is 4.90. The molecule has 5 heteroatoms. The van der Waals surface area contributed by atoms with Gasteiger partial charge in [-0.25, -0.2) is 0 Å². The van der Waals surface area contributed by atoms with Gasteiger partial charge in [-0.3, -0.25) is 4.79 Å². The summed E-state index contributed by atoms with van der Waals surface area (Å²) in [7, 11) is 1.21. The van der Waals surface area contributed by atoms with Crippen LogP contribution in [-0.2, 0) is 31.7 Å². The van der Waals surface area contributed by atoms with E-state index in [-0.39, 0.29) is 41.4 Å². The summed E-state index contributed by atoms with van der Waals surface area (Å²) in [5.74, 6) is 0.381. The fourth-order valence-electron chi connectivity index (χ4n) is 5.24. The van der Waals surface area contributed by atoms with Crippen molar-refractivity contribution >= 4 is 13.1 Å². The van der Waals surface area contributed by atoms with E-state index in [0.717, 1.165) is 25.7 Å². The number of hydrogen-bond donors (Lipinski definition) is 0. The van der Waals surface area contributed by atoms with E-state index in [9.17, 15) is 4.79 Å². The Labute approximate surface area is 169 Å². The van der Waals surface area contributed by atoms with Gasteiger partial charge in [-0.05, 0) is 82.3 Å². The second-order valence-electron chi connectivity index (χ2n) is 9.91. The van der Waals surface area contributed by atoms with Crippen LogP contribution in [0.15, 0.2) is 24.3 Å². The predicted octanol–water partition coefficient (Wildman–Crippen LogP) is 4.41. The maximum Gasteiger partial charge on any atom is 0.461 e. The lowest BCUT2D eigenvalue weighted by molar-refractivity contribution is -0.142. The van der Waals surface area contributed by atoms with Gasteiger partial charge < -0.3 is 14.0 Å². The quantitative estimate of drug-likeness (QED) is 0.573. The molecule has 0 bridgehead atoms. The highest BCUT2D eigenvalue weighted by Gasteiger charge is 2.60. The Morgan fingerprint density at radius 3 is 2.21 bits per heavy atom. The van der Waals surface area contributed by atoms with Crippen molar-refractivity contribution in [3.05, 3.63) is 41.8 Å². The van der Waals surface area contributed by atoms with E-state index >= 15 is 0 Å². The van der Waals surface area contributed by atoms with E-state index in [1.807, 2.05) is 0 Å². The normalized spacial score (nSPS) is 29.7. The summed E-state index contributed by atoms with van der Waals surface area (Å²) >= 11 is 0. The average Bonchev–Trinajstić information content (AvgIpc) is 3.10. The topological polar surface area (TPSA) is 44.8 Å². The number of carbonyl (C=O) groups is 1. The number of benzene rings is 1. The Morgan fingerprint density at radius 1 is 1.11 bits per heavy atom. The number of fused-ring (bicyclic) bond motifs is 1. The summed E-state index contributed by atoms with van der Waals surface area (Å²) < 4.78 is 18.0. The first kappa shape index (κ1) is 20.0. The van der Waals surface area contributed by atoms with Crippen LogP contribution in [0.1, 0.15) is 58.1 Å². The first-order valence-corrected chi connectivity index (χ1v) is 10.5. The molecule has 1 aromatic rings. The highest BCUT2D eigenvalue weighted by atomic mass is 16.7. The maximum atomic E-state index is 11.9. The molecule has 1 saturated heterocycles. The third-order valence-corrected chi connectivity index (χ3v) is 7.62. The molecule has 4 nitrogen and oxygen atoms in total. The minimum absolute atomic E-state index is 0.0392. The average molecular weight is 383 g/mol. The number of rotatable bonds is 3. The minimum Gasteiger partial charge on any atom is -0.469 e. The van der Waals surface area contributed by atoms with Gasteiger partial charge in [0, 0.05) is 12.2 Å². The van der Waals surface area contributed by atoms with Crippen molar-refractivity contribution in [1.29, 1.82) is 0 Å². The van der Waals surface area contributed by atoms with Crippen LogP contribution in [0.2, 0.25) is 5.82 Å². The molecular formula is C23H32BO4. The van der Waals surface area contributed by atoms with Crippen molar-refractivity contribution in [2.75, 3.05) is 7.11 Å². The molecule has 1 saturated carbocycles. The fraction of sp³-hybridized carbons (Fsp3) is 0.652. The summed E-state index contributed by atoms with van der Waals surface area (Å²) in [6.45, 7) is 8.45. The Balaban J connectivity index is 1.62. The molecule has 0 N–H and O–H groups in total. The van der Waals surface area contributed by atoms with E-state index in [2.05, 4.69) is 58.4 Å². The second-order valence-corrected chi connectivity index (χ2v) is 9.91. The van der Waals surface area contributed by atoms with Crippen molar-refractivity contribution in [1.82, 2.24) is 0 Å². The van der Waals surface area contributed by atoms with E-state index in [0.29, 0.717) is 6.42 Å². The molecule has 2 atom stereocenters. The van der Waals surface area contributed by atoms with Crippen LogP contribution in [0.5, 0.6) is 0 Å². The second kappa shape index (κ2) is 6.88. The van der Waals surface area contributed by atoms with Crippen molar-refractivity contribution in [3.63, 3.8) is 0 Å². The van der Waals surface area contributed by atoms with Gasteiger partial charge in [-0.15, -0.1) is 0 Å². The van der Waals surface area contributed by atoms with Gasteiger partial charge in [-0.1, -0.05) is 24.3 Å². The predicted molar refractivity (Wildman–Crippen MR) is 110 cm³/mol. The summed E-state index contributed by atoms with van der Waals surface area (Å²) in [6.07, 6.45) is 6.87. The standard InChI is InChI=1S/C23H32BO4/c1-21(2)22(3,4)28-24(27-21)19-12-16(13-20(25)26-5)10-11-23(19)14-17-8-6-7-9-18(17)15-23/h6-9,11,16,19H,10,12-15H2,1-5H3. The third-order valence-electron chi connectivity index (χ3n) is 7.62. The molecule has 0 aromatic heterocycles. The summed E-state index contributed by atoms with van der Waals surface area (Å²) in [5.41, 5.74) is 2.22. The Morgan fingerprint density at radius 2 is 1.68 bits per heavy atom. The lowest BCUT2D eigenvalue weighted by Gasteiger charge is -2.45. The summed E-state index contributed by atoms with van der Waals surface area (Å²) in [5, 5.41) is 0. The smallest absolute Gasteiger partial charge is 0.461 e. The molecule has 3 aliphatic rings. The van der Waals surface area contributed by atoms with Gasteiger partial charge in [-0.2, -0.15) is 0 Å². The number of methoxy groups -OCH3 is 1. The van der Waals surface area contributed by atoms with Crippen LogP contribution in [0.4, 0.5) is 0 Å². The van der Waals surface area contributed by atoms with Gasteiger partial charge in [0.15, 0.2) is 0 Å². The van der Waals surface area contributed by atoms with E-state index < -0.39 is 0 Å². The monoisotopic (exact) mass is 383 g/mol. The molecule has 2 unspecified atom stereocenters. The fourth-order valence-corrected chi connectivity index (χ4v) is 5.24. The van der Waals surface area contributed by atoms with Crippen LogP contribution >= 0.6 is 0 Å². The molecule has 2 fully saturated rings. The number of carbonyl (C=O) groups excluding carboxylic acids is 1. The van der Waals surface area contributed by atoms with Gasteiger partial charge in [0.05, 0.1) is 18.3 Å².